The lowest BCUT2D eigenvalue weighted by molar-refractivity contribution is -0.137. The Morgan fingerprint density at radius 2 is 1.86 bits per heavy atom. The number of rotatable bonds is 5. The van der Waals surface area contributed by atoms with Crippen LogP contribution in [0, 0.1) is 0 Å². The monoisotopic (exact) mass is 478 g/mol. The lowest BCUT2D eigenvalue weighted by atomic mass is 10.0. The highest BCUT2D eigenvalue weighted by Gasteiger charge is 2.30. The normalized spacial score (nSPS) is 12.1. The minimum Gasteiger partial charge on any atom is -0.324 e. The smallest absolute Gasteiger partial charge is 0.324 e. The third-order valence-corrected chi connectivity index (χ3v) is 5.52. The molecule has 5 rings (SSSR count). The molecule has 3 heterocycles. The number of alkyl halides is 3. The van der Waals surface area contributed by atoms with Crippen molar-refractivity contribution in [1.29, 1.82) is 0 Å². The molecule has 5 aromatic rings. The number of carbonyl (C=O) groups is 1. The predicted octanol–water partition coefficient (Wildman–Crippen LogP) is 5.21. The Bertz CT molecular complexity index is 1550. The summed E-state index contributed by atoms with van der Waals surface area (Å²) >= 11 is 0. The van der Waals surface area contributed by atoms with Gasteiger partial charge in [0.05, 0.1) is 16.6 Å². The molecule has 3 aromatic heterocycles. The maximum absolute atomic E-state index is 13.1. The Balaban J connectivity index is 1.40. The largest absolute Gasteiger partial charge is 0.416 e. The van der Waals surface area contributed by atoms with Crippen LogP contribution in [0.25, 0.3) is 27.8 Å². The second-order valence-electron chi connectivity index (χ2n) is 8.48. The first-order valence-corrected chi connectivity index (χ1v) is 10.8. The van der Waals surface area contributed by atoms with Gasteiger partial charge in [-0.15, -0.1) is 0 Å². The number of hydrogen-bond acceptors (Lipinski definition) is 4. The zero-order valence-electron chi connectivity index (χ0n) is 18.9. The Morgan fingerprint density at radius 1 is 1.06 bits per heavy atom. The summed E-state index contributed by atoms with van der Waals surface area (Å²) in [7, 11) is 3.92. The molecule has 0 saturated carbocycles. The SMILES string of the molecule is CN(C)Cc1cccn2cc(C(=O)Nc3nc4ccc(-c5cccc(C(F)(F)F)c5)cc4[nH]3)nc12. The van der Waals surface area contributed by atoms with E-state index in [1.165, 1.54) is 6.07 Å². The number of nitrogens with one attached hydrogen (secondary N) is 2. The minimum atomic E-state index is -4.42. The number of nitrogens with zero attached hydrogens (tertiary/aromatic N) is 4. The number of halogens is 3. The third kappa shape index (κ3) is 4.60. The van der Waals surface area contributed by atoms with Crippen LogP contribution in [0.2, 0.25) is 0 Å². The molecule has 2 aromatic carbocycles. The van der Waals surface area contributed by atoms with Gasteiger partial charge in [0.15, 0.2) is 0 Å². The van der Waals surface area contributed by atoms with Crippen LogP contribution in [0.15, 0.2) is 67.0 Å². The second kappa shape index (κ2) is 8.55. The van der Waals surface area contributed by atoms with Crippen LogP contribution in [0.3, 0.4) is 0 Å². The van der Waals surface area contributed by atoms with Crippen molar-refractivity contribution in [3.63, 3.8) is 0 Å². The Morgan fingerprint density at radius 3 is 2.63 bits per heavy atom. The molecular formula is C25H21F3N6O. The summed E-state index contributed by atoms with van der Waals surface area (Å²) < 4.78 is 41.0. The Kier molecular flexibility index (Phi) is 5.52. The van der Waals surface area contributed by atoms with Crippen molar-refractivity contribution in [3.8, 4) is 11.1 Å². The van der Waals surface area contributed by atoms with Gasteiger partial charge in [-0.25, -0.2) is 9.97 Å². The van der Waals surface area contributed by atoms with Crippen LogP contribution in [0.5, 0.6) is 0 Å². The van der Waals surface area contributed by atoms with Gasteiger partial charge in [-0.1, -0.05) is 24.3 Å². The minimum absolute atomic E-state index is 0.219. The molecule has 0 aliphatic heterocycles. The number of benzene rings is 2. The second-order valence-corrected chi connectivity index (χ2v) is 8.48. The van der Waals surface area contributed by atoms with Gasteiger partial charge in [0.25, 0.3) is 5.91 Å². The number of H-pyrrole nitrogens is 1. The quantitative estimate of drug-likeness (QED) is 0.364. The van der Waals surface area contributed by atoms with Crippen molar-refractivity contribution in [2.45, 2.75) is 12.7 Å². The number of hydrogen-bond donors (Lipinski definition) is 2. The van der Waals surface area contributed by atoms with Crippen molar-refractivity contribution >= 4 is 28.5 Å². The fraction of sp³-hybridized carbons (Fsp3) is 0.160. The number of amides is 1. The van der Waals surface area contributed by atoms with Gasteiger partial charge < -0.3 is 14.3 Å². The fourth-order valence-corrected chi connectivity index (χ4v) is 3.94. The van der Waals surface area contributed by atoms with E-state index >= 15 is 0 Å². The highest BCUT2D eigenvalue weighted by molar-refractivity contribution is 6.03. The van der Waals surface area contributed by atoms with Gasteiger partial charge in [-0.05, 0) is 55.6 Å². The Labute approximate surface area is 198 Å². The van der Waals surface area contributed by atoms with Gasteiger partial charge in [0.1, 0.15) is 11.3 Å². The van der Waals surface area contributed by atoms with Crippen LogP contribution in [0.4, 0.5) is 19.1 Å². The van der Waals surface area contributed by atoms with E-state index in [1.807, 2.05) is 37.3 Å². The molecule has 0 aliphatic carbocycles. The van der Waals surface area contributed by atoms with E-state index in [9.17, 15) is 18.0 Å². The van der Waals surface area contributed by atoms with Gasteiger partial charge in [-0.2, -0.15) is 13.2 Å². The number of imidazole rings is 2. The number of aromatic amines is 1. The first kappa shape index (κ1) is 22.6. The molecule has 0 radical (unpaired) electrons. The molecule has 10 heteroatoms. The van der Waals surface area contributed by atoms with E-state index in [0.29, 0.717) is 34.4 Å². The van der Waals surface area contributed by atoms with Crippen molar-refractivity contribution in [3.05, 3.63) is 83.8 Å². The summed E-state index contributed by atoms with van der Waals surface area (Å²) in [5.74, 6) is -0.210. The van der Waals surface area contributed by atoms with E-state index in [1.54, 1.807) is 34.9 Å². The van der Waals surface area contributed by atoms with Gasteiger partial charge in [0, 0.05) is 24.5 Å². The molecule has 0 fully saturated rings. The number of carbonyl (C=O) groups excluding carboxylic acids is 1. The predicted molar refractivity (Wildman–Crippen MR) is 127 cm³/mol. The summed E-state index contributed by atoms with van der Waals surface area (Å²) in [6.45, 7) is 0.681. The molecule has 0 bridgehead atoms. The molecule has 1 amide bonds. The number of aromatic nitrogens is 4. The van der Waals surface area contributed by atoms with Crippen LogP contribution >= 0.6 is 0 Å². The first-order valence-electron chi connectivity index (χ1n) is 10.8. The summed E-state index contributed by atoms with van der Waals surface area (Å²) in [6, 6.07) is 14.1. The lowest BCUT2D eigenvalue weighted by Crippen LogP contribution is -2.13. The van der Waals surface area contributed by atoms with E-state index in [0.717, 1.165) is 17.7 Å². The van der Waals surface area contributed by atoms with Crippen molar-refractivity contribution < 1.29 is 18.0 Å². The van der Waals surface area contributed by atoms with E-state index in [2.05, 4.69) is 20.3 Å². The van der Waals surface area contributed by atoms with E-state index < -0.39 is 17.6 Å². The Hall–Kier alpha value is -4.18. The molecule has 0 unspecified atom stereocenters. The molecule has 35 heavy (non-hydrogen) atoms. The number of pyridine rings is 1. The number of anilines is 1. The van der Waals surface area contributed by atoms with Gasteiger partial charge in [-0.3, -0.25) is 10.1 Å². The van der Waals surface area contributed by atoms with Crippen molar-refractivity contribution in [2.24, 2.45) is 0 Å². The summed E-state index contributed by atoms with van der Waals surface area (Å²) in [6.07, 6.45) is -0.941. The number of fused-ring (bicyclic) bond motifs is 2. The highest BCUT2D eigenvalue weighted by Crippen LogP contribution is 2.33. The average molecular weight is 478 g/mol. The molecule has 0 saturated heterocycles. The van der Waals surface area contributed by atoms with Crippen LogP contribution in [0.1, 0.15) is 21.6 Å². The van der Waals surface area contributed by atoms with E-state index in [4.69, 9.17) is 0 Å². The van der Waals surface area contributed by atoms with Crippen molar-refractivity contribution in [2.75, 3.05) is 19.4 Å². The molecular weight excluding hydrogens is 457 g/mol. The van der Waals surface area contributed by atoms with E-state index in [-0.39, 0.29) is 11.6 Å². The van der Waals surface area contributed by atoms with Crippen LogP contribution < -0.4 is 5.32 Å². The zero-order chi connectivity index (χ0) is 24.7. The topological polar surface area (TPSA) is 78.3 Å². The van der Waals surface area contributed by atoms with Crippen molar-refractivity contribution in [1.82, 2.24) is 24.3 Å². The van der Waals surface area contributed by atoms with Crippen LogP contribution in [-0.2, 0) is 12.7 Å². The molecule has 7 nitrogen and oxygen atoms in total. The third-order valence-electron chi connectivity index (χ3n) is 5.52. The molecule has 2 N–H and O–H groups in total. The molecule has 0 aliphatic rings. The average Bonchev–Trinajstić information content (AvgIpc) is 3.42. The summed E-state index contributed by atoms with van der Waals surface area (Å²) in [4.78, 5) is 26.7. The first-order chi connectivity index (χ1) is 16.7. The summed E-state index contributed by atoms with van der Waals surface area (Å²) in [5, 5.41) is 2.72. The zero-order valence-corrected chi connectivity index (χ0v) is 18.9. The molecule has 0 spiro atoms. The van der Waals surface area contributed by atoms with Gasteiger partial charge in [0.2, 0.25) is 5.95 Å². The fourth-order valence-electron chi connectivity index (χ4n) is 3.94. The molecule has 0 atom stereocenters. The maximum Gasteiger partial charge on any atom is 0.416 e. The van der Waals surface area contributed by atoms with Gasteiger partial charge >= 0.3 is 6.18 Å². The summed E-state index contributed by atoms with van der Waals surface area (Å²) in [5.41, 5.74) is 3.39. The van der Waals surface area contributed by atoms with Crippen LogP contribution in [-0.4, -0.2) is 44.3 Å². The lowest BCUT2D eigenvalue weighted by Gasteiger charge is -2.09. The highest BCUT2D eigenvalue weighted by atomic mass is 19.4. The standard InChI is InChI=1S/C25H21F3N6O/c1-33(2)13-17-6-4-10-34-14-21(29-22(17)34)23(35)32-24-30-19-9-8-16(12-20(19)31-24)15-5-3-7-18(11-15)25(26,27)28/h3-12,14H,13H2,1-2H3,(H2,30,31,32,35). The maximum atomic E-state index is 13.1. The molecule has 178 valence electrons.